The number of rotatable bonds is 3. The molecular weight excluding hydrogens is 240 g/mol. The third kappa shape index (κ3) is 3.01. The fraction of sp³-hybridized carbons (Fsp3) is 0.467. The van der Waals surface area contributed by atoms with Crippen LogP contribution in [0, 0.1) is 0 Å². The molecule has 1 heterocycles. The maximum absolute atomic E-state index is 12.0. The van der Waals surface area contributed by atoms with Gasteiger partial charge < -0.3 is 5.32 Å². The van der Waals surface area contributed by atoms with Gasteiger partial charge in [-0.05, 0) is 44.5 Å². The van der Waals surface area contributed by atoms with Gasteiger partial charge in [-0.15, -0.1) is 0 Å². The van der Waals surface area contributed by atoms with Crippen LogP contribution >= 0.6 is 0 Å². The summed E-state index contributed by atoms with van der Waals surface area (Å²) >= 11 is 0. The van der Waals surface area contributed by atoms with Crippen LogP contribution in [0.25, 0.3) is 0 Å². The van der Waals surface area contributed by atoms with Gasteiger partial charge in [0.2, 0.25) is 11.8 Å². The van der Waals surface area contributed by atoms with E-state index >= 15 is 0 Å². The van der Waals surface area contributed by atoms with Crippen LogP contribution in [0.4, 0.5) is 5.69 Å². The van der Waals surface area contributed by atoms with Crippen molar-refractivity contribution in [3.8, 4) is 0 Å². The Hall–Kier alpha value is -1.68. The molecule has 1 aromatic carbocycles. The molecule has 0 bridgehead atoms. The van der Waals surface area contributed by atoms with Gasteiger partial charge in [-0.2, -0.15) is 0 Å². The van der Waals surface area contributed by atoms with Crippen LogP contribution in [0.1, 0.15) is 44.2 Å². The molecule has 1 atom stereocenters. The number of amides is 2. The number of carbonyl (C=O) groups excluding carboxylic acids is 2. The molecule has 1 saturated heterocycles. The van der Waals surface area contributed by atoms with E-state index in [9.17, 15) is 9.59 Å². The second-order valence-electron chi connectivity index (χ2n) is 4.93. The average molecular weight is 260 g/mol. The highest BCUT2D eigenvalue weighted by atomic mass is 16.2. The molecule has 4 nitrogen and oxygen atoms in total. The third-order valence-electron chi connectivity index (χ3n) is 3.61. The third-order valence-corrected chi connectivity index (χ3v) is 3.61. The zero-order chi connectivity index (χ0) is 13.8. The number of carbonyl (C=O) groups is 2. The molecule has 1 aromatic rings. The second kappa shape index (κ2) is 5.97. The molecule has 1 aliphatic heterocycles. The lowest BCUT2D eigenvalue weighted by atomic mass is 10.1. The maximum atomic E-state index is 12.0. The van der Waals surface area contributed by atoms with E-state index in [-0.39, 0.29) is 17.9 Å². The summed E-state index contributed by atoms with van der Waals surface area (Å²) in [4.78, 5) is 25.3. The molecule has 102 valence electrons. The Balaban J connectivity index is 2.24. The lowest BCUT2D eigenvalue weighted by Gasteiger charge is -2.19. The van der Waals surface area contributed by atoms with Crippen molar-refractivity contribution in [3.63, 3.8) is 0 Å². The Kier molecular flexibility index (Phi) is 4.32. The topological polar surface area (TPSA) is 49.4 Å². The van der Waals surface area contributed by atoms with Gasteiger partial charge in [0.25, 0.3) is 0 Å². The molecule has 4 heteroatoms. The van der Waals surface area contributed by atoms with Gasteiger partial charge in [0, 0.05) is 18.9 Å². The van der Waals surface area contributed by atoms with Gasteiger partial charge in [0.15, 0.2) is 0 Å². The smallest absolute Gasteiger partial charge is 0.233 e. The molecule has 1 fully saturated rings. The summed E-state index contributed by atoms with van der Waals surface area (Å²) in [5, 5.41) is 3.16. The fourth-order valence-electron chi connectivity index (χ4n) is 2.28. The molecule has 0 spiro atoms. The van der Waals surface area contributed by atoms with Crippen molar-refractivity contribution in [2.75, 3.05) is 11.9 Å². The van der Waals surface area contributed by atoms with E-state index in [0.717, 1.165) is 18.4 Å². The molecule has 0 radical (unpaired) electrons. The lowest BCUT2D eigenvalue weighted by molar-refractivity contribution is -0.125. The minimum Gasteiger partial charge on any atom is -0.313 e. The Labute approximate surface area is 113 Å². The van der Waals surface area contributed by atoms with Gasteiger partial charge in [-0.1, -0.05) is 12.1 Å². The highest BCUT2D eigenvalue weighted by Gasteiger charge is 2.25. The number of nitrogens with zero attached hydrogens (tertiary/aromatic N) is 1. The van der Waals surface area contributed by atoms with Crippen molar-refractivity contribution in [1.29, 1.82) is 0 Å². The van der Waals surface area contributed by atoms with Crippen molar-refractivity contribution in [3.05, 3.63) is 29.8 Å². The Morgan fingerprint density at radius 1 is 1.05 bits per heavy atom. The van der Waals surface area contributed by atoms with Crippen molar-refractivity contribution >= 4 is 17.5 Å². The van der Waals surface area contributed by atoms with Crippen molar-refractivity contribution in [2.45, 2.75) is 38.6 Å². The van der Waals surface area contributed by atoms with E-state index in [1.54, 1.807) is 0 Å². The van der Waals surface area contributed by atoms with Crippen molar-refractivity contribution in [2.24, 2.45) is 0 Å². The molecule has 1 aliphatic rings. The van der Waals surface area contributed by atoms with Crippen LogP contribution in [0.15, 0.2) is 24.3 Å². The molecule has 0 saturated carbocycles. The molecule has 1 N–H and O–H groups in total. The van der Waals surface area contributed by atoms with Gasteiger partial charge in [-0.3, -0.25) is 14.5 Å². The molecule has 0 aliphatic carbocycles. The SMILES string of the molecule is CNC(C)c1ccc(N2C(=O)CCCCC2=O)cc1. The summed E-state index contributed by atoms with van der Waals surface area (Å²) in [5.41, 5.74) is 1.82. The molecular formula is C15H20N2O2. The second-order valence-corrected chi connectivity index (χ2v) is 4.93. The minimum absolute atomic E-state index is 0.0862. The molecule has 2 amide bonds. The first-order valence-electron chi connectivity index (χ1n) is 6.76. The van der Waals surface area contributed by atoms with E-state index in [1.807, 2.05) is 31.3 Å². The maximum Gasteiger partial charge on any atom is 0.233 e. The van der Waals surface area contributed by atoms with Crippen molar-refractivity contribution < 1.29 is 9.59 Å². The van der Waals surface area contributed by atoms with Gasteiger partial charge in [-0.25, -0.2) is 0 Å². The summed E-state index contributed by atoms with van der Waals surface area (Å²) in [5.74, 6) is -0.172. The van der Waals surface area contributed by atoms with Gasteiger partial charge in [0.1, 0.15) is 0 Å². The largest absolute Gasteiger partial charge is 0.313 e. The summed E-state index contributed by atoms with van der Waals surface area (Å²) in [6, 6.07) is 7.88. The number of benzene rings is 1. The Morgan fingerprint density at radius 3 is 2.05 bits per heavy atom. The van der Waals surface area contributed by atoms with E-state index in [1.165, 1.54) is 4.90 Å². The molecule has 1 unspecified atom stereocenters. The summed E-state index contributed by atoms with van der Waals surface area (Å²) < 4.78 is 0. The lowest BCUT2D eigenvalue weighted by Crippen LogP contribution is -2.35. The first-order valence-corrected chi connectivity index (χ1v) is 6.76. The quantitative estimate of drug-likeness (QED) is 0.849. The number of imide groups is 1. The van der Waals surface area contributed by atoms with E-state index in [2.05, 4.69) is 12.2 Å². The predicted molar refractivity (Wildman–Crippen MR) is 74.9 cm³/mol. The zero-order valence-electron chi connectivity index (χ0n) is 11.5. The van der Waals surface area contributed by atoms with Crippen LogP contribution in [0.5, 0.6) is 0 Å². The van der Waals surface area contributed by atoms with Crippen LogP contribution in [-0.4, -0.2) is 18.9 Å². The summed E-state index contributed by atoms with van der Waals surface area (Å²) in [7, 11) is 1.90. The standard InChI is InChI=1S/C15H20N2O2/c1-11(16-2)12-7-9-13(10-8-12)17-14(18)5-3-4-6-15(17)19/h7-11,16H,3-6H2,1-2H3. The normalized spacial score (nSPS) is 18.3. The number of hydrogen-bond donors (Lipinski definition) is 1. The zero-order valence-corrected chi connectivity index (χ0v) is 11.5. The highest BCUT2D eigenvalue weighted by molar-refractivity contribution is 6.15. The Morgan fingerprint density at radius 2 is 1.58 bits per heavy atom. The average Bonchev–Trinajstić information content (AvgIpc) is 2.59. The van der Waals surface area contributed by atoms with E-state index in [4.69, 9.17) is 0 Å². The van der Waals surface area contributed by atoms with E-state index < -0.39 is 0 Å². The monoisotopic (exact) mass is 260 g/mol. The van der Waals surface area contributed by atoms with Crippen LogP contribution in [-0.2, 0) is 9.59 Å². The highest BCUT2D eigenvalue weighted by Crippen LogP contribution is 2.23. The summed E-state index contributed by atoms with van der Waals surface area (Å²) in [6.07, 6.45) is 2.52. The van der Waals surface area contributed by atoms with Gasteiger partial charge >= 0.3 is 0 Å². The predicted octanol–water partition coefficient (Wildman–Crippen LogP) is 2.40. The minimum atomic E-state index is -0.0862. The van der Waals surface area contributed by atoms with Crippen LogP contribution in [0.2, 0.25) is 0 Å². The summed E-state index contributed by atoms with van der Waals surface area (Å²) in [6.45, 7) is 2.07. The first kappa shape index (κ1) is 13.7. The molecule has 19 heavy (non-hydrogen) atoms. The number of hydrogen-bond acceptors (Lipinski definition) is 3. The first-order chi connectivity index (χ1) is 9.13. The molecule has 2 rings (SSSR count). The van der Waals surface area contributed by atoms with Crippen LogP contribution in [0.3, 0.4) is 0 Å². The van der Waals surface area contributed by atoms with E-state index in [0.29, 0.717) is 18.5 Å². The van der Waals surface area contributed by atoms with Crippen LogP contribution < -0.4 is 10.2 Å². The van der Waals surface area contributed by atoms with Gasteiger partial charge in [0.05, 0.1) is 5.69 Å². The number of nitrogens with one attached hydrogen (secondary N) is 1. The van der Waals surface area contributed by atoms with Crippen molar-refractivity contribution in [1.82, 2.24) is 5.32 Å². The Bertz CT molecular complexity index is 450. The number of anilines is 1. The fourth-order valence-corrected chi connectivity index (χ4v) is 2.28. The molecule has 0 aromatic heterocycles.